The lowest BCUT2D eigenvalue weighted by molar-refractivity contribution is 0.912. The molecule has 1 aliphatic carbocycles. The second-order valence-electron chi connectivity index (χ2n) is 3.36. The third kappa shape index (κ3) is 3.24. The Morgan fingerprint density at radius 2 is 1.86 bits per heavy atom. The van der Waals surface area contributed by atoms with Crippen molar-refractivity contribution in [1.29, 1.82) is 0 Å². The van der Waals surface area contributed by atoms with Crippen LogP contribution in [0.5, 0.6) is 0 Å². The van der Waals surface area contributed by atoms with Crippen LogP contribution in [0, 0.1) is 12.3 Å². The van der Waals surface area contributed by atoms with Gasteiger partial charge in [-0.25, -0.2) is 0 Å². The zero-order valence-electron chi connectivity index (χ0n) is 8.72. The van der Waals surface area contributed by atoms with Crippen LogP contribution >= 0.6 is 0 Å². The fraction of sp³-hybridized carbons (Fsp3) is 0.385. The molecule has 0 aromatic heterocycles. The molecule has 1 heteroatoms. The topological polar surface area (TPSA) is 12.0 Å². The molecule has 0 aliphatic heterocycles. The summed E-state index contributed by atoms with van der Waals surface area (Å²) in [6.45, 7) is 0.667. The highest BCUT2D eigenvalue weighted by atomic mass is 14.8. The van der Waals surface area contributed by atoms with Gasteiger partial charge in [0, 0.05) is 0 Å². The summed E-state index contributed by atoms with van der Waals surface area (Å²) in [6.07, 6.45) is 8.79. The van der Waals surface area contributed by atoms with Crippen LogP contribution in [-0.2, 0) is 12.8 Å². The number of benzene rings is 1. The van der Waals surface area contributed by atoms with Crippen molar-refractivity contribution >= 4 is 0 Å². The van der Waals surface area contributed by atoms with Gasteiger partial charge in [-0.3, -0.25) is 0 Å². The number of nitrogens with one attached hydrogen (secondary N) is 1. The summed E-state index contributed by atoms with van der Waals surface area (Å²) in [5.74, 6) is 2.41. The summed E-state index contributed by atoms with van der Waals surface area (Å²) in [5.41, 5.74) is 3.13. The number of terminal acetylenes is 1. The summed E-state index contributed by atoms with van der Waals surface area (Å²) >= 11 is 0. The molecule has 0 saturated heterocycles. The van der Waals surface area contributed by atoms with E-state index in [2.05, 4.69) is 35.5 Å². The summed E-state index contributed by atoms with van der Waals surface area (Å²) in [6, 6.07) is 8.74. The Morgan fingerprint density at radius 1 is 1.29 bits per heavy atom. The van der Waals surface area contributed by atoms with Gasteiger partial charge >= 0.3 is 0 Å². The number of hydrogen-bond acceptors (Lipinski definition) is 1. The van der Waals surface area contributed by atoms with Crippen molar-refractivity contribution in [2.24, 2.45) is 0 Å². The molecule has 74 valence electrons. The Kier molecular flexibility index (Phi) is 4.82. The van der Waals surface area contributed by atoms with Crippen LogP contribution in [0.15, 0.2) is 24.3 Å². The molecule has 2 rings (SSSR count). The molecule has 0 atom stereocenters. The van der Waals surface area contributed by atoms with Gasteiger partial charge in [-0.15, -0.1) is 6.42 Å². The van der Waals surface area contributed by atoms with Crippen LogP contribution in [-0.4, -0.2) is 13.6 Å². The van der Waals surface area contributed by atoms with Crippen molar-refractivity contribution in [1.82, 2.24) is 5.32 Å². The maximum absolute atomic E-state index is 4.83. The molecule has 14 heavy (non-hydrogen) atoms. The van der Waals surface area contributed by atoms with Crippen LogP contribution in [0.1, 0.15) is 17.5 Å². The van der Waals surface area contributed by atoms with Crippen LogP contribution in [0.2, 0.25) is 0 Å². The van der Waals surface area contributed by atoms with E-state index in [1.54, 1.807) is 11.1 Å². The highest BCUT2D eigenvalue weighted by Gasteiger charge is 2.07. The van der Waals surface area contributed by atoms with E-state index in [1.165, 1.54) is 19.3 Å². The van der Waals surface area contributed by atoms with Crippen molar-refractivity contribution in [2.45, 2.75) is 19.3 Å². The minimum atomic E-state index is 0.667. The molecule has 0 amide bonds. The largest absolute Gasteiger partial charge is 0.309 e. The van der Waals surface area contributed by atoms with Gasteiger partial charge in [0.1, 0.15) is 0 Å². The molecule has 1 aromatic carbocycles. The van der Waals surface area contributed by atoms with Gasteiger partial charge in [-0.05, 0) is 37.4 Å². The van der Waals surface area contributed by atoms with E-state index < -0.39 is 0 Å². The lowest BCUT2D eigenvalue weighted by Crippen LogP contribution is -2.03. The molecule has 0 unspecified atom stereocenters. The number of fused-ring (bicyclic) bond motifs is 1. The van der Waals surface area contributed by atoms with E-state index >= 15 is 0 Å². The highest BCUT2D eigenvalue weighted by Crippen LogP contribution is 2.20. The van der Waals surface area contributed by atoms with Crippen molar-refractivity contribution < 1.29 is 0 Å². The van der Waals surface area contributed by atoms with E-state index in [0.717, 1.165) is 0 Å². The zero-order chi connectivity index (χ0) is 10.2. The quantitative estimate of drug-likeness (QED) is 0.663. The van der Waals surface area contributed by atoms with Gasteiger partial charge in [0.15, 0.2) is 0 Å². The lowest BCUT2D eigenvalue weighted by Gasteiger charge is -1.93. The van der Waals surface area contributed by atoms with E-state index in [-0.39, 0.29) is 0 Å². The third-order valence-electron chi connectivity index (χ3n) is 2.29. The molecule has 0 bridgehead atoms. The van der Waals surface area contributed by atoms with E-state index in [1.807, 2.05) is 7.05 Å². The number of hydrogen-bond donors (Lipinski definition) is 1. The normalized spacial score (nSPS) is 12.3. The van der Waals surface area contributed by atoms with Crippen molar-refractivity contribution in [3.8, 4) is 12.3 Å². The maximum atomic E-state index is 4.83. The molecule has 0 heterocycles. The first-order valence-electron chi connectivity index (χ1n) is 5.03. The maximum Gasteiger partial charge on any atom is 0.0571 e. The van der Waals surface area contributed by atoms with Crippen LogP contribution in [0.25, 0.3) is 0 Å². The van der Waals surface area contributed by atoms with E-state index in [0.29, 0.717) is 6.54 Å². The predicted octanol–water partition coefficient (Wildman–Crippen LogP) is 2.01. The Hall–Kier alpha value is -1.26. The first kappa shape index (κ1) is 10.8. The Labute approximate surface area is 86.5 Å². The number of aryl methyl sites for hydroxylation is 2. The molecule has 1 aliphatic rings. The second kappa shape index (κ2) is 6.23. The summed E-state index contributed by atoms with van der Waals surface area (Å²) in [7, 11) is 1.82. The summed E-state index contributed by atoms with van der Waals surface area (Å²) < 4.78 is 0. The predicted molar refractivity (Wildman–Crippen MR) is 61.2 cm³/mol. The third-order valence-corrected chi connectivity index (χ3v) is 2.29. The van der Waals surface area contributed by atoms with Gasteiger partial charge in [-0.2, -0.15) is 0 Å². The Bertz CT molecular complexity index is 286. The Morgan fingerprint density at radius 3 is 2.21 bits per heavy atom. The lowest BCUT2D eigenvalue weighted by atomic mass is 10.1. The standard InChI is InChI=1S/C9H10.C4H7N/c1-2-5-9-7-3-6-8(9)4-1;1-3-4-5-2/h1-2,4-5H,3,6-7H2;1,5H,4H2,2H3. The van der Waals surface area contributed by atoms with Gasteiger partial charge in [0.25, 0.3) is 0 Å². The van der Waals surface area contributed by atoms with Crippen molar-refractivity contribution in [3.05, 3.63) is 35.4 Å². The zero-order valence-corrected chi connectivity index (χ0v) is 8.72. The smallest absolute Gasteiger partial charge is 0.0571 e. The van der Waals surface area contributed by atoms with Crippen molar-refractivity contribution in [3.63, 3.8) is 0 Å². The van der Waals surface area contributed by atoms with Gasteiger partial charge in [0.2, 0.25) is 0 Å². The molecule has 1 N–H and O–H groups in total. The van der Waals surface area contributed by atoms with Crippen LogP contribution < -0.4 is 5.32 Å². The average Bonchev–Trinajstić information content (AvgIpc) is 2.67. The molecular weight excluding hydrogens is 170 g/mol. The molecule has 0 fully saturated rings. The highest BCUT2D eigenvalue weighted by molar-refractivity contribution is 5.30. The fourth-order valence-electron chi connectivity index (χ4n) is 1.62. The monoisotopic (exact) mass is 187 g/mol. The molecular formula is C13H17N. The van der Waals surface area contributed by atoms with Crippen LogP contribution in [0.4, 0.5) is 0 Å². The molecule has 1 aromatic rings. The molecule has 0 saturated carbocycles. The summed E-state index contributed by atoms with van der Waals surface area (Å²) in [5, 5.41) is 2.78. The van der Waals surface area contributed by atoms with Gasteiger partial charge in [-0.1, -0.05) is 30.2 Å². The first-order valence-corrected chi connectivity index (χ1v) is 5.03. The fourth-order valence-corrected chi connectivity index (χ4v) is 1.62. The summed E-state index contributed by atoms with van der Waals surface area (Å²) in [4.78, 5) is 0. The van der Waals surface area contributed by atoms with Gasteiger partial charge in [0.05, 0.1) is 6.54 Å². The minimum absolute atomic E-state index is 0.667. The van der Waals surface area contributed by atoms with E-state index in [9.17, 15) is 0 Å². The minimum Gasteiger partial charge on any atom is -0.309 e. The SMILES string of the molecule is C#CCNC.c1ccc2c(c1)CCC2. The number of rotatable bonds is 1. The van der Waals surface area contributed by atoms with Crippen molar-refractivity contribution in [2.75, 3.05) is 13.6 Å². The molecule has 1 nitrogen and oxygen atoms in total. The Balaban J connectivity index is 0.000000171. The van der Waals surface area contributed by atoms with Crippen LogP contribution in [0.3, 0.4) is 0 Å². The van der Waals surface area contributed by atoms with E-state index in [4.69, 9.17) is 6.42 Å². The average molecular weight is 187 g/mol. The molecule has 0 radical (unpaired) electrons. The van der Waals surface area contributed by atoms with Gasteiger partial charge < -0.3 is 5.32 Å². The second-order valence-corrected chi connectivity index (χ2v) is 3.36. The first-order chi connectivity index (χ1) is 6.88. The molecule has 0 spiro atoms.